The second-order valence-corrected chi connectivity index (χ2v) is 4.72. The number of nitrogens with zero attached hydrogens (tertiary/aromatic N) is 2. The Labute approximate surface area is 103 Å². The van der Waals surface area contributed by atoms with Crippen molar-refractivity contribution in [3.05, 3.63) is 24.0 Å². The molecule has 94 valence electrons. The summed E-state index contributed by atoms with van der Waals surface area (Å²) in [4.78, 5) is 6.67. The molecule has 1 aliphatic rings. The molecular formula is C13H21N3O. The molecule has 0 aliphatic carbocycles. The van der Waals surface area contributed by atoms with Crippen LogP contribution in [0.25, 0.3) is 0 Å². The lowest BCUT2D eigenvalue weighted by Gasteiger charge is -2.27. The van der Waals surface area contributed by atoms with Crippen molar-refractivity contribution >= 4 is 0 Å². The molecule has 2 rings (SSSR count). The Kier molecular flexibility index (Phi) is 4.34. The quantitative estimate of drug-likeness (QED) is 0.853. The van der Waals surface area contributed by atoms with E-state index < -0.39 is 0 Å². The number of aromatic nitrogens is 1. The first-order valence-electron chi connectivity index (χ1n) is 6.27. The fourth-order valence-electron chi connectivity index (χ4n) is 2.01. The molecule has 1 aromatic heterocycles. The van der Waals surface area contributed by atoms with Crippen LogP contribution in [0.15, 0.2) is 18.5 Å². The van der Waals surface area contributed by atoms with Crippen LogP contribution in [0.1, 0.15) is 19.4 Å². The molecule has 1 saturated heterocycles. The molecule has 0 bridgehead atoms. The molecule has 0 amide bonds. The highest BCUT2D eigenvalue weighted by molar-refractivity contribution is 5.23. The number of hydrogen-bond donors (Lipinski definition) is 1. The van der Waals surface area contributed by atoms with Crippen LogP contribution in [-0.2, 0) is 6.54 Å². The van der Waals surface area contributed by atoms with Gasteiger partial charge in [0.25, 0.3) is 0 Å². The number of rotatable bonds is 4. The maximum atomic E-state index is 5.65. The average Bonchev–Trinajstić information content (AvgIpc) is 2.30. The van der Waals surface area contributed by atoms with E-state index >= 15 is 0 Å². The molecule has 4 nitrogen and oxygen atoms in total. The van der Waals surface area contributed by atoms with Gasteiger partial charge in [0, 0.05) is 38.9 Å². The lowest BCUT2D eigenvalue weighted by Crippen LogP contribution is -2.42. The van der Waals surface area contributed by atoms with Crippen molar-refractivity contribution < 1.29 is 4.74 Å². The first-order chi connectivity index (χ1) is 8.24. The number of nitrogens with one attached hydrogen (secondary N) is 1. The van der Waals surface area contributed by atoms with Crippen molar-refractivity contribution in [2.75, 3.05) is 26.2 Å². The Hall–Kier alpha value is -1.13. The van der Waals surface area contributed by atoms with E-state index in [0.29, 0.717) is 0 Å². The fourth-order valence-corrected chi connectivity index (χ4v) is 2.01. The first kappa shape index (κ1) is 12.3. The molecule has 1 N–H and O–H groups in total. The van der Waals surface area contributed by atoms with Gasteiger partial charge < -0.3 is 10.1 Å². The minimum Gasteiger partial charge on any atom is -0.489 e. The van der Waals surface area contributed by atoms with Gasteiger partial charge in [0.05, 0.1) is 12.3 Å². The fraction of sp³-hybridized carbons (Fsp3) is 0.615. The van der Waals surface area contributed by atoms with E-state index in [-0.39, 0.29) is 6.10 Å². The Morgan fingerprint density at radius 3 is 2.82 bits per heavy atom. The van der Waals surface area contributed by atoms with Gasteiger partial charge in [-0.2, -0.15) is 0 Å². The Morgan fingerprint density at radius 1 is 1.35 bits per heavy atom. The smallest absolute Gasteiger partial charge is 0.138 e. The molecule has 1 fully saturated rings. The zero-order valence-electron chi connectivity index (χ0n) is 10.6. The van der Waals surface area contributed by atoms with Crippen LogP contribution in [0.5, 0.6) is 5.75 Å². The van der Waals surface area contributed by atoms with E-state index in [0.717, 1.165) is 38.5 Å². The van der Waals surface area contributed by atoms with Crippen LogP contribution in [-0.4, -0.2) is 42.2 Å². The highest BCUT2D eigenvalue weighted by atomic mass is 16.5. The van der Waals surface area contributed by atoms with Gasteiger partial charge in [0.15, 0.2) is 0 Å². The second-order valence-electron chi connectivity index (χ2n) is 4.72. The number of piperazine rings is 1. The van der Waals surface area contributed by atoms with E-state index in [1.54, 1.807) is 6.20 Å². The molecule has 4 heteroatoms. The van der Waals surface area contributed by atoms with Gasteiger partial charge in [-0.15, -0.1) is 0 Å². The molecule has 0 spiro atoms. The molecule has 0 aromatic carbocycles. The van der Waals surface area contributed by atoms with Gasteiger partial charge in [-0.1, -0.05) is 0 Å². The summed E-state index contributed by atoms with van der Waals surface area (Å²) in [5, 5.41) is 3.36. The summed E-state index contributed by atoms with van der Waals surface area (Å²) in [5.74, 6) is 0.868. The first-order valence-corrected chi connectivity index (χ1v) is 6.27. The van der Waals surface area contributed by atoms with Crippen LogP contribution in [0, 0.1) is 0 Å². The minimum absolute atomic E-state index is 0.200. The Bertz CT molecular complexity index is 348. The second kappa shape index (κ2) is 5.98. The van der Waals surface area contributed by atoms with E-state index in [1.807, 2.05) is 20.0 Å². The lowest BCUT2D eigenvalue weighted by molar-refractivity contribution is 0.229. The van der Waals surface area contributed by atoms with Crippen LogP contribution < -0.4 is 10.1 Å². The number of pyridine rings is 1. The summed E-state index contributed by atoms with van der Waals surface area (Å²) in [5.41, 5.74) is 1.23. The Balaban J connectivity index is 1.95. The van der Waals surface area contributed by atoms with Crippen molar-refractivity contribution in [1.82, 2.24) is 15.2 Å². The van der Waals surface area contributed by atoms with Crippen LogP contribution in [0.2, 0.25) is 0 Å². The summed E-state index contributed by atoms with van der Waals surface area (Å²) in [6.45, 7) is 9.39. The SMILES string of the molecule is CC(C)Oc1cncc(CN2CCNCC2)c1. The van der Waals surface area contributed by atoms with Gasteiger partial charge in [-0.3, -0.25) is 9.88 Å². The predicted molar refractivity (Wildman–Crippen MR) is 68.1 cm³/mol. The van der Waals surface area contributed by atoms with Gasteiger partial charge >= 0.3 is 0 Å². The maximum Gasteiger partial charge on any atom is 0.138 e. The number of ether oxygens (including phenoxy) is 1. The molecule has 0 radical (unpaired) electrons. The zero-order valence-corrected chi connectivity index (χ0v) is 10.6. The predicted octanol–water partition coefficient (Wildman–Crippen LogP) is 1.27. The third-order valence-corrected chi connectivity index (χ3v) is 2.76. The third kappa shape index (κ3) is 3.98. The van der Waals surface area contributed by atoms with E-state index in [1.165, 1.54) is 5.56 Å². The topological polar surface area (TPSA) is 37.4 Å². The summed E-state index contributed by atoms with van der Waals surface area (Å²) in [6, 6.07) is 2.09. The van der Waals surface area contributed by atoms with Crippen molar-refractivity contribution in [2.45, 2.75) is 26.5 Å². The molecule has 17 heavy (non-hydrogen) atoms. The third-order valence-electron chi connectivity index (χ3n) is 2.76. The summed E-state index contributed by atoms with van der Waals surface area (Å²) < 4.78 is 5.65. The summed E-state index contributed by atoms with van der Waals surface area (Å²) >= 11 is 0. The minimum atomic E-state index is 0.200. The van der Waals surface area contributed by atoms with E-state index in [9.17, 15) is 0 Å². The van der Waals surface area contributed by atoms with Crippen LogP contribution >= 0.6 is 0 Å². The van der Waals surface area contributed by atoms with Crippen LogP contribution in [0.4, 0.5) is 0 Å². The molecule has 2 heterocycles. The normalized spacial score (nSPS) is 17.4. The Morgan fingerprint density at radius 2 is 2.12 bits per heavy atom. The maximum absolute atomic E-state index is 5.65. The van der Waals surface area contributed by atoms with E-state index in [2.05, 4.69) is 21.3 Å². The van der Waals surface area contributed by atoms with Crippen molar-refractivity contribution in [2.24, 2.45) is 0 Å². The zero-order chi connectivity index (χ0) is 12.1. The van der Waals surface area contributed by atoms with Crippen molar-refractivity contribution in [3.8, 4) is 5.75 Å². The molecule has 0 atom stereocenters. The molecule has 0 saturated carbocycles. The summed E-state index contributed by atoms with van der Waals surface area (Å²) in [6.07, 6.45) is 3.91. The van der Waals surface area contributed by atoms with Crippen molar-refractivity contribution in [3.63, 3.8) is 0 Å². The monoisotopic (exact) mass is 235 g/mol. The average molecular weight is 235 g/mol. The molecule has 1 aliphatic heterocycles. The van der Waals surface area contributed by atoms with Gasteiger partial charge in [-0.25, -0.2) is 0 Å². The highest BCUT2D eigenvalue weighted by Crippen LogP contribution is 2.14. The van der Waals surface area contributed by atoms with Gasteiger partial charge in [0.2, 0.25) is 0 Å². The van der Waals surface area contributed by atoms with Crippen LogP contribution in [0.3, 0.4) is 0 Å². The largest absolute Gasteiger partial charge is 0.489 e. The van der Waals surface area contributed by atoms with Gasteiger partial charge in [-0.05, 0) is 25.5 Å². The highest BCUT2D eigenvalue weighted by Gasteiger charge is 2.10. The standard InChI is InChI=1S/C13H21N3O/c1-11(2)17-13-7-12(8-15-9-13)10-16-5-3-14-4-6-16/h7-9,11,14H,3-6,10H2,1-2H3. The van der Waals surface area contributed by atoms with E-state index in [4.69, 9.17) is 4.74 Å². The van der Waals surface area contributed by atoms with Gasteiger partial charge in [0.1, 0.15) is 5.75 Å². The summed E-state index contributed by atoms with van der Waals surface area (Å²) in [7, 11) is 0. The number of hydrogen-bond acceptors (Lipinski definition) is 4. The molecule has 1 aromatic rings. The molecular weight excluding hydrogens is 214 g/mol. The van der Waals surface area contributed by atoms with Crippen molar-refractivity contribution in [1.29, 1.82) is 0 Å². The lowest BCUT2D eigenvalue weighted by atomic mass is 10.2. The molecule has 0 unspecified atom stereocenters.